The molecular formula is C21H27N5O4. The maximum absolute atomic E-state index is 13.2. The maximum atomic E-state index is 13.2. The van der Waals surface area contributed by atoms with E-state index in [9.17, 15) is 14.8 Å². The van der Waals surface area contributed by atoms with E-state index >= 15 is 0 Å². The number of H-pyrrole nitrogens is 1. The first-order chi connectivity index (χ1) is 14.5. The molecule has 0 radical (unpaired) electrons. The first kappa shape index (κ1) is 20.4. The molecule has 2 aromatic rings. The van der Waals surface area contributed by atoms with Crippen molar-refractivity contribution in [2.45, 2.75) is 37.8 Å². The molecule has 4 N–H and O–H groups in total. The summed E-state index contributed by atoms with van der Waals surface area (Å²) in [6.07, 6.45) is 0.857. The topological polar surface area (TPSA) is 120 Å². The van der Waals surface area contributed by atoms with Crippen LogP contribution >= 0.6 is 0 Å². The number of hydrogen-bond acceptors (Lipinski definition) is 6. The van der Waals surface area contributed by atoms with Gasteiger partial charge in [0.05, 0.1) is 12.0 Å². The number of amides is 2. The Morgan fingerprint density at radius 2 is 2.10 bits per heavy atom. The highest BCUT2D eigenvalue weighted by molar-refractivity contribution is 5.90. The molecule has 2 saturated heterocycles. The number of benzene rings is 1. The third-order valence-electron chi connectivity index (χ3n) is 5.94. The summed E-state index contributed by atoms with van der Waals surface area (Å²) < 4.78 is 5.84. The molecule has 160 valence electrons. The first-order valence-electron chi connectivity index (χ1n) is 10.2. The Labute approximate surface area is 174 Å². The Bertz CT molecular complexity index is 887. The van der Waals surface area contributed by atoms with Crippen LogP contribution in [0.25, 0.3) is 0 Å². The summed E-state index contributed by atoms with van der Waals surface area (Å²) in [6, 6.07) is 11.2. The van der Waals surface area contributed by atoms with Crippen LogP contribution in [-0.2, 0) is 9.59 Å². The molecule has 9 heteroatoms. The molecule has 9 nitrogen and oxygen atoms in total. The minimum atomic E-state index is -0.739. The minimum Gasteiger partial charge on any atom is -0.472 e. The van der Waals surface area contributed by atoms with Gasteiger partial charge in [-0.05, 0) is 25.3 Å². The van der Waals surface area contributed by atoms with E-state index in [1.54, 1.807) is 11.5 Å². The summed E-state index contributed by atoms with van der Waals surface area (Å²) in [4.78, 5) is 27.4. The lowest BCUT2D eigenvalue weighted by Gasteiger charge is -2.36. The highest BCUT2D eigenvalue weighted by Crippen LogP contribution is 2.29. The van der Waals surface area contributed by atoms with Crippen LogP contribution in [0.3, 0.4) is 0 Å². The number of rotatable bonds is 5. The fourth-order valence-electron chi connectivity index (χ4n) is 4.37. The van der Waals surface area contributed by atoms with Crippen molar-refractivity contribution >= 4 is 11.8 Å². The zero-order chi connectivity index (χ0) is 21.1. The second kappa shape index (κ2) is 8.85. The van der Waals surface area contributed by atoms with Crippen molar-refractivity contribution in [2.75, 3.05) is 19.6 Å². The van der Waals surface area contributed by atoms with Gasteiger partial charge >= 0.3 is 0 Å². The van der Waals surface area contributed by atoms with E-state index < -0.39 is 17.9 Å². The van der Waals surface area contributed by atoms with Gasteiger partial charge in [-0.15, -0.1) is 5.10 Å². The molecule has 0 aliphatic carbocycles. The van der Waals surface area contributed by atoms with Gasteiger partial charge in [-0.25, -0.2) is 5.48 Å². The van der Waals surface area contributed by atoms with E-state index in [4.69, 9.17) is 4.74 Å². The van der Waals surface area contributed by atoms with Gasteiger partial charge < -0.3 is 15.0 Å². The average molecular weight is 413 g/mol. The number of hydrogen-bond donors (Lipinski definition) is 4. The lowest BCUT2D eigenvalue weighted by molar-refractivity contribution is -0.144. The monoisotopic (exact) mass is 413 g/mol. The third kappa shape index (κ3) is 4.31. The van der Waals surface area contributed by atoms with Crippen LogP contribution in [0, 0.1) is 12.8 Å². The van der Waals surface area contributed by atoms with Crippen LogP contribution < -0.4 is 15.5 Å². The molecule has 4 atom stereocenters. The normalized spacial score (nSPS) is 26.4. The van der Waals surface area contributed by atoms with Gasteiger partial charge in [0.2, 0.25) is 17.7 Å². The van der Waals surface area contributed by atoms with Crippen LogP contribution in [0.2, 0.25) is 0 Å². The van der Waals surface area contributed by atoms with Crippen LogP contribution in [0.15, 0.2) is 36.4 Å². The van der Waals surface area contributed by atoms with Crippen molar-refractivity contribution in [2.24, 2.45) is 5.92 Å². The van der Waals surface area contributed by atoms with E-state index in [0.29, 0.717) is 37.9 Å². The Morgan fingerprint density at radius 3 is 2.80 bits per heavy atom. The standard InChI is InChI=1S/C21H27N5O4/c1-13-9-18(24-23-13)30-16-10-17(20(27)25-29)19(22-11-16)21(28)26-8-7-15(12-26)14-5-3-2-4-6-14/h2-6,9,15-17,19,22,29H,7-8,10-12H2,1H3,(H,23,24)(H,25,27)/t15-,16-,17-,19-/m0/s1. The van der Waals surface area contributed by atoms with Crippen molar-refractivity contribution in [1.29, 1.82) is 0 Å². The predicted octanol–water partition coefficient (Wildman–Crippen LogP) is 0.965. The van der Waals surface area contributed by atoms with E-state index in [2.05, 4.69) is 27.6 Å². The number of aromatic nitrogens is 2. The maximum Gasteiger partial charge on any atom is 0.248 e. The summed E-state index contributed by atoms with van der Waals surface area (Å²) in [7, 11) is 0. The van der Waals surface area contributed by atoms with Crippen molar-refractivity contribution in [3.8, 4) is 5.88 Å². The molecule has 30 heavy (non-hydrogen) atoms. The number of carbonyl (C=O) groups is 2. The number of piperidine rings is 1. The summed E-state index contributed by atoms with van der Waals surface area (Å²) in [5.41, 5.74) is 3.79. The molecule has 0 spiro atoms. The quantitative estimate of drug-likeness (QED) is 0.428. The van der Waals surface area contributed by atoms with E-state index in [0.717, 1.165) is 12.1 Å². The van der Waals surface area contributed by atoms with Gasteiger partial charge in [0.15, 0.2) is 0 Å². The van der Waals surface area contributed by atoms with E-state index in [-0.39, 0.29) is 12.0 Å². The van der Waals surface area contributed by atoms with Crippen LogP contribution in [0.5, 0.6) is 5.88 Å². The Morgan fingerprint density at radius 1 is 1.30 bits per heavy atom. The predicted molar refractivity (Wildman–Crippen MR) is 108 cm³/mol. The van der Waals surface area contributed by atoms with Gasteiger partial charge in [-0.3, -0.25) is 19.9 Å². The van der Waals surface area contributed by atoms with Gasteiger partial charge in [0.1, 0.15) is 6.10 Å². The second-order valence-electron chi connectivity index (χ2n) is 8.01. The molecular weight excluding hydrogens is 386 g/mol. The van der Waals surface area contributed by atoms with Crippen molar-refractivity contribution in [1.82, 2.24) is 25.9 Å². The molecule has 2 amide bonds. The smallest absolute Gasteiger partial charge is 0.248 e. The summed E-state index contributed by atoms with van der Waals surface area (Å²) in [5.74, 6) is -0.709. The van der Waals surface area contributed by atoms with Crippen molar-refractivity contribution in [3.05, 3.63) is 47.7 Å². The molecule has 0 unspecified atom stereocenters. The Kier molecular flexibility index (Phi) is 6.01. The number of nitrogens with one attached hydrogen (secondary N) is 3. The number of aryl methyl sites for hydroxylation is 1. The van der Waals surface area contributed by atoms with E-state index in [1.807, 2.05) is 30.0 Å². The summed E-state index contributed by atoms with van der Waals surface area (Å²) in [6.45, 7) is 3.55. The van der Waals surface area contributed by atoms with Crippen molar-refractivity contribution in [3.63, 3.8) is 0 Å². The lowest BCUT2D eigenvalue weighted by Crippen LogP contribution is -2.60. The highest BCUT2D eigenvalue weighted by Gasteiger charge is 2.43. The van der Waals surface area contributed by atoms with Crippen molar-refractivity contribution < 1.29 is 19.5 Å². The van der Waals surface area contributed by atoms with Crippen LogP contribution in [-0.4, -0.2) is 63.9 Å². The number of aromatic amines is 1. The highest BCUT2D eigenvalue weighted by atomic mass is 16.5. The fraction of sp³-hybridized carbons (Fsp3) is 0.476. The largest absolute Gasteiger partial charge is 0.472 e. The zero-order valence-corrected chi connectivity index (χ0v) is 16.9. The minimum absolute atomic E-state index is 0.115. The molecule has 4 rings (SSSR count). The molecule has 1 aromatic heterocycles. The second-order valence-corrected chi connectivity index (χ2v) is 8.01. The number of ether oxygens (including phenoxy) is 1. The molecule has 0 bridgehead atoms. The summed E-state index contributed by atoms with van der Waals surface area (Å²) in [5, 5.41) is 19.2. The number of nitrogens with zero attached hydrogens (tertiary/aromatic N) is 2. The zero-order valence-electron chi connectivity index (χ0n) is 16.9. The first-order valence-corrected chi connectivity index (χ1v) is 10.2. The summed E-state index contributed by atoms with van der Waals surface area (Å²) >= 11 is 0. The molecule has 3 heterocycles. The van der Waals surface area contributed by atoms with Crippen LogP contribution in [0.1, 0.15) is 30.0 Å². The SMILES string of the molecule is Cc1cc(O[C@@H]2CN[C@H](C(=O)N3CC[C@H](c4ccccc4)C3)[C@@H](C(=O)NO)C2)n[nH]1. The number of likely N-dealkylation sites (tertiary alicyclic amines) is 1. The lowest BCUT2D eigenvalue weighted by atomic mass is 9.87. The van der Waals surface area contributed by atoms with Gasteiger partial charge in [0, 0.05) is 37.3 Å². The third-order valence-corrected chi connectivity index (χ3v) is 5.94. The molecule has 2 aliphatic heterocycles. The van der Waals surface area contributed by atoms with Gasteiger partial charge in [-0.2, -0.15) is 0 Å². The number of carbonyl (C=O) groups excluding carboxylic acids is 2. The molecule has 1 aromatic carbocycles. The van der Waals surface area contributed by atoms with E-state index in [1.165, 1.54) is 5.56 Å². The number of hydroxylamine groups is 1. The van der Waals surface area contributed by atoms with Gasteiger partial charge in [0.25, 0.3) is 0 Å². The molecule has 2 fully saturated rings. The van der Waals surface area contributed by atoms with Gasteiger partial charge in [-0.1, -0.05) is 30.3 Å². The fourth-order valence-corrected chi connectivity index (χ4v) is 4.37. The Hall–Kier alpha value is -2.91. The molecule has 0 saturated carbocycles. The molecule has 2 aliphatic rings. The average Bonchev–Trinajstić information content (AvgIpc) is 3.42. The van der Waals surface area contributed by atoms with Crippen LogP contribution in [0.4, 0.5) is 0 Å². The Balaban J connectivity index is 1.42.